The molecule has 3 aromatic rings. The molecule has 0 bridgehead atoms. The van der Waals surface area contributed by atoms with Crippen LogP contribution in [0.25, 0.3) is 0 Å². The molecule has 0 saturated carbocycles. The molecule has 4 nitrogen and oxygen atoms in total. The van der Waals surface area contributed by atoms with Crippen molar-refractivity contribution in [3.8, 4) is 5.75 Å². The third-order valence-electron chi connectivity index (χ3n) is 4.69. The highest BCUT2D eigenvalue weighted by molar-refractivity contribution is 6.33. The minimum Gasteiger partial charge on any atom is -0.493 e. The van der Waals surface area contributed by atoms with E-state index >= 15 is 0 Å². The van der Waals surface area contributed by atoms with Crippen LogP contribution in [0.3, 0.4) is 0 Å². The van der Waals surface area contributed by atoms with Crippen LogP contribution in [0.2, 0.25) is 5.02 Å². The van der Waals surface area contributed by atoms with Gasteiger partial charge in [-0.25, -0.2) is 0 Å². The zero-order valence-corrected chi connectivity index (χ0v) is 15.4. The smallest absolute Gasteiger partial charge is 0.253 e. The maximum atomic E-state index is 12.9. The molecular weight excluding hydrogens is 360 g/mol. The van der Waals surface area contributed by atoms with Crippen LogP contribution in [0, 0.1) is 0 Å². The monoisotopic (exact) mass is 378 g/mol. The number of nitrogens with one attached hydrogen (secondary N) is 1. The number of hydrogen-bond donors (Lipinski definition) is 1. The van der Waals surface area contributed by atoms with Gasteiger partial charge in [0.05, 0.1) is 23.2 Å². The van der Waals surface area contributed by atoms with Crippen molar-refractivity contribution < 1.29 is 9.53 Å². The summed E-state index contributed by atoms with van der Waals surface area (Å²) in [7, 11) is 0. The van der Waals surface area contributed by atoms with Crippen molar-refractivity contribution in [1.82, 2.24) is 10.3 Å². The lowest BCUT2D eigenvalue weighted by atomic mass is 9.94. The average Bonchev–Trinajstić information content (AvgIpc) is 2.72. The highest BCUT2D eigenvalue weighted by atomic mass is 35.5. The summed E-state index contributed by atoms with van der Waals surface area (Å²) in [6, 6.07) is 17.4. The Morgan fingerprint density at radius 1 is 1.11 bits per heavy atom. The quantitative estimate of drug-likeness (QED) is 0.723. The number of amides is 1. The molecule has 27 heavy (non-hydrogen) atoms. The summed E-state index contributed by atoms with van der Waals surface area (Å²) in [5.41, 5.74) is 3.61. The molecule has 0 spiro atoms. The minimum atomic E-state index is -0.282. The Balaban J connectivity index is 1.70. The Labute approximate surface area is 163 Å². The summed E-state index contributed by atoms with van der Waals surface area (Å²) in [5, 5.41) is 3.46. The highest BCUT2D eigenvalue weighted by Gasteiger charge is 2.21. The Morgan fingerprint density at radius 3 is 2.78 bits per heavy atom. The summed E-state index contributed by atoms with van der Waals surface area (Å²) in [5.74, 6) is 0.700. The lowest BCUT2D eigenvalue weighted by molar-refractivity contribution is 0.0943. The number of ether oxygens (including phenoxy) is 1. The molecule has 1 aromatic heterocycles. The number of aromatic nitrogens is 1. The Kier molecular flexibility index (Phi) is 5.07. The molecule has 4 rings (SSSR count). The number of halogens is 1. The second kappa shape index (κ2) is 7.80. The first-order valence-electron chi connectivity index (χ1n) is 8.93. The van der Waals surface area contributed by atoms with Gasteiger partial charge in [0.2, 0.25) is 0 Å². The predicted molar refractivity (Wildman–Crippen MR) is 105 cm³/mol. The first kappa shape index (κ1) is 17.6. The van der Waals surface area contributed by atoms with E-state index in [1.807, 2.05) is 42.5 Å². The van der Waals surface area contributed by atoms with E-state index < -0.39 is 0 Å². The van der Waals surface area contributed by atoms with Crippen molar-refractivity contribution in [2.24, 2.45) is 0 Å². The number of fused-ring (bicyclic) bond motifs is 1. The summed E-state index contributed by atoms with van der Waals surface area (Å²) in [6.45, 7) is 0.756. The predicted octanol–water partition coefficient (Wildman–Crippen LogP) is 4.58. The molecule has 1 N–H and O–H groups in total. The molecule has 1 aliphatic rings. The molecule has 1 amide bonds. The van der Waals surface area contributed by atoms with Crippen molar-refractivity contribution in [2.45, 2.75) is 18.9 Å². The minimum absolute atomic E-state index is 0.231. The van der Waals surface area contributed by atoms with Gasteiger partial charge in [0.25, 0.3) is 5.91 Å². The average molecular weight is 379 g/mol. The van der Waals surface area contributed by atoms with Crippen molar-refractivity contribution in [3.63, 3.8) is 0 Å². The number of carbonyl (C=O) groups excluding carboxylic acids is 1. The molecular formula is C22H19ClN2O2. The van der Waals surface area contributed by atoms with Gasteiger partial charge in [-0.3, -0.25) is 9.78 Å². The van der Waals surface area contributed by atoms with Crippen LogP contribution in [-0.2, 0) is 6.42 Å². The molecule has 0 fully saturated rings. The van der Waals surface area contributed by atoms with Crippen molar-refractivity contribution >= 4 is 17.5 Å². The third-order valence-corrected chi connectivity index (χ3v) is 4.99. The van der Waals surface area contributed by atoms with Gasteiger partial charge in [0.1, 0.15) is 5.75 Å². The molecule has 0 unspecified atom stereocenters. The molecule has 5 heteroatoms. The number of pyridine rings is 1. The molecule has 2 aromatic carbocycles. The van der Waals surface area contributed by atoms with Crippen LogP contribution in [0.15, 0.2) is 67.0 Å². The maximum absolute atomic E-state index is 12.9. The van der Waals surface area contributed by atoms with Crippen molar-refractivity contribution in [1.29, 1.82) is 0 Å². The van der Waals surface area contributed by atoms with Crippen LogP contribution in [-0.4, -0.2) is 17.5 Å². The zero-order chi connectivity index (χ0) is 18.6. The lowest BCUT2D eigenvalue weighted by Crippen LogP contribution is -2.29. The van der Waals surface area contributed by atoms with Crippen LogP contribution in [0.1, 0.15) is 39.5 Å². The van der Waals surface area contributed by atoms with E-state index in [-0.39, 0.29) is 11.9 Å². The standard InChI is InChI=1S/C22H19ClN2O2/c23-19-14-24-11-10-18(19)22(26)25-21(15-5-2-1-3-6-15)17-8-9-20-16(13-17)7-4-12-27-20/h1-3,5-6,8-11,13-14,21H,4,7,12H2,(H,25,26)/t21-/m0/s1. The van der Waals surface area contributed by atoms with Gasteiger partial charge in [-0.1, -0.05) is 48.0 Å². The Bertz CT molecular complexity index is 960. The van der Waals surface area contributed by atoms with Crippen LogP contribution in [0.4, 0.5) is 0 Å². The molecule has 0 saturated heterocycles. The fraction of sp³-hybridized carbons (Fsp3) is 0.182. The fourth-order valence-corrected chi connectivity index (χ4v) is 3.54. The molecule has 0 radical (unpaired) electrons. The molecule has 1 atom stereocenters. The summed E-state index contributed by atoms with van der Waals surface area (Å²) in [4.78, 5) is 16.8. The number of hydrogen-bond acceptors (Lipinski definition) is 3. The van der Waals surface area contributed by atoms with E-state index in [1.54, 1.807) is 12.3 Å². The topological polar surface area (TPSA) is 51.2 Å². The summed E-state index contributed by atoms with van der Waals surface area (Å²) >= 11 is 6.15. The number of nitrogens with zero attached hydrogens (tertiary/aromatic N) is 1. The normalized spacial score (nSPS) is 14.0. The Morgan fingerprint density at radius 2 is 1.96 bits per heavy atom. The fourth-order valence-electron chi connectivity index (χ4n) is 3.33. The Hall–Kier alpha value is -2.85. The third kappa shape index (κ3) is 3.81. The summed E-state index contributed by atoms with van der Waals surface area (Å²) in [6.07, 6.45) is 5.03. The van der Waals surface area contributed by atoms with E-state index in [2.05, 4.69) is 16.4 Å². The van der Waals surface area contributed by atoms with Gasteiger partial charge in [0.15, 0.2) is 0 Å². The number of carbonyl (C=O) groups is 1. The second-order valence-electron chi connectivity index (χ2n) is 6.49. The zero-order valence-electron chi connectivity index (χ0n) is 14.7. The van der Waals surface area contributed by atoms with Gasteiger partial charge in [-0.2, -0.15) is 0 Å². The molecule has 2 heterocycles. The van der Waals surface area contributed by atoms with Crippen LogP contribution >= 0.6 is 11.6 Å². The van der Waals surface area contributed by atoms with Crippen molar-refractivity contribution in [2.75, 3.05) is 6.61 Å². The maximum Gasteiger partial charge on any atom is 0.253 e. The van der Waals surface area contributed by atoms with Crippen LogP contribution in [0.5, 0.6) is 5.75 Å². The first-order chi connectivity index (χ1) is 13.2. The number of benzene rings is 2. The van der Waals surface area contributed by atoms with Gasteiger partial charge in [-0.15, -0.1) is 0 Å². The molecule has 136 valence electrons. The van der Waals surface area contributed by atoms with Gasteiger partial charge < -0.3 is 10.1 Å². The number of rotatable bonds is 4. The van der Waals surface area contributed by atoms with Gasteiger partial charge in [0, 0.05) is 12.4 Å². The largest absolute Gasteiger partial charge is 0.493 e. The van der Waals surface area contributed by atoms with E-state index in [4.69, 9.17) is 16.3 Å². The van der Waals surface area contributed by atoms with E-state index in [0.717, 1.165) is 36.3 Å². The lowest BCUT2D eigenvalue weighted by Gasteiger charge is -2.23. The SMILES string of the molecule is O=C(N[C@@H](c1ccccc1)c1ccc2c(c1)CCCO2)c1ccncc1Cl. The number of aryl methyl sites for hydroxylation is 1. The van der Waals surface area contributed by atoms with E-state index in [9.17, 15) is 4.79 Å². The van der Waals surface area contributed by atoms with Crippen LogP contribution < -0.4 is 10.1 Å². The molecule has 1 aliphatic heterocycles. The van der Waals surface area contributed by atoms with Gasteiger partial charge in [-0.05, 0) is 47.7 Å². The van der Waals surface area contributed by atoms with Gasteiger partial charge >= 0.3 is 0 Å². The highest BCUT2D eigenvalue weighted by Crippen LogP contribution is 2.30. The summed E-state index contributed by atoms with van der Waals surface area (Å²) < 4.78 is 5.72. The molecule has 0 aliphatic carbocycles. The van der Waals surface area contributed by atoms with E-state index in [0.29, 0.717) is 10.6 Å². The van der Waals surface area contributed by atoms with Crippen molar-refractivity contribution in [3.05, 3.63) is 94.3 Å². The first-order valence-corrected chi connectivity index (χ1v) is 9.31. The second-order valence-corrected chi connectivity index (χ2v) is 6.90. The van der Waals surface area contributed by atoms with E-state index in [1.165, 1.54) is 11.8 Å².